The molecule has 1 N–H and O–H groups in total. The molecule has 1 heterocycles. The molecule has 0 aliphatic carbocycles. The average Bonchev–Trinajstić information content (AvgIpc) is 2.63. The molecule has 4 heteroatoms. The summed E-state index contributed by atoms with van der Waals surface area (Å²) in [5.74, 6) is 0.518. The Morgan fingerprint density at radius 3 is 3.07 bits per heavy atom. The normalized spacial score (nSPS) is 13.0. The first-order valence-electron chi connectivity index (χ1n) is 5.46. The van der Waals surface area contributed by atoms with Crippen LogP contribution in [-0.2, 0) is 17.8 Å². The summed E-state index contributed by atoms with van der Waals surface area (Å²) >= 11 is 0. The fraction of sp³-hybridized carbons (Fsp3) is 0.727. The zero-order valence-electron chi connectivity index (χ0n) is 9.86. The maximum Gasteiger partial charge on any atom is 0.0948 e. The van der Waals surface area contributed by atoms with Crippen molar-refractivity contribution in [2.24, 2.45) is 5.92 Å². The molecule has 0 spiro atoms. The van der Waals surface area contributed by atoms with Crippen molar-refractivity contribution in [3.63, 3.8) is 0 Å². The Labute approximate surface area is 91.7 Å². The van der Waals surface area contributed by atoms with Gasteiger partial charge in [-0.05, 0) is 12.5 Å². The number of rotatable bonds is 7. The number of hydrogen-bond acceptors (Lipinski definition) is 3. The van der Waals surface area contributed by atoms with Gasteiger partial charge in [-0.2, -0.15) is 0 Å². The minimum atomic E-state index is 0.518. The van der Waals surface area contributed by atoms with Crippen molar-refractivity contribution in [3.05, 3.63) is 18.2 Å². The van der Waals surface area contributed by atoms with Gasteiger partial charge in [0, 0.05) is 26.4 Å². The first-order valence-corrected chi connectivity index (χ1v) is 5.46. The Balaban J connectivity index is 2.48. The lowest BCUT2D eigenvalue weighted by atomic mass is 10.2. The third-order valence-electron chi connectivity index (χ3n) is 2.31. The Bertz CT molecular complexity index is 273. The van der Waals surface area contributed by atoms with Crippen LogP contribution in [0.5, 0.6) is 0 Å². The van der Waals surface area contributed by atoms with Gasteiger partial charge in [0.05, 0.1) is 18.6 Å². The van der Waals surface area contributed by atoms with E-state index in [1.165, 1.54) is 5.69 Å². The number of methoxy groups -OCH3 is 1. The molecule has 1 atom stereocenters. The summed E-state index contributed by atoms with van der Waals surface area (Å²) in [4.78, 5) is 4.17. The SMILES string of the molecule is CCNCc1cncn1CC(C)COC. The van der Waals surface area contributed by atoms with Gasteiger partial charge in [0.25, 0.3) is 0 Å². The zero-order valence-corrected chi connectivity index (χ0v) is 9.86. The highest BCUT2D eigenvalue weighted by Gasteiger charge is 2.06. The summed E-state index contributed by atoms with van der Waals surface area (Å²) in [5, 5.41) is 3.30. The van der Waals surface area contributed by atoms with Gasteiger partial charge in [0.2, 0.25) is 0 Å². The number of aromatic nitrogens is 2. The Morgan fingerprint density at radius 2 is 2.40 bits per heavy atom. The third-order valence-corrected chi connectivity index (χ3v) is 2.31. The second-order valence-electron chi connectivity index (χ2n) is 3.88. The molecule has 0 amide bonds. The highest BCUT2D eigenvalue weighted by molar-refractivity contribution is 4.98. The topological polar surface area (TPSA) is 39.1 Å². The van der Waals surface area contributed by atoms with Gasteiger partial charge in [0.1, 0.15) is 0 Å². The van der Waals surface area contributed by atoms with E-state index in [0.717, 1.165) is 26.2 Å². The van der Waals surface area contributed by atoms with Crippen LogP contribution in [0.15, 0.2) is 12.5 Å². The van der Waals surface area contributed by atoms with Crippen LogP contribution in [0.1, 0.15) is 19.5 Å². The lowest BCUT2D eigenvalue weighted by Gasteiger charge is -2.13. The summed E-state index contributed by atoms with van der Waals surface area (Å²) in [6, 6.07) is 0. The molecule has 0 bridgehead atoms. The Hall–Kier alpha value is -0.870. The van der Waals surface area contributed by atoms with Gasteiger partial charge in [-0.1, -0.05) is 13.8 Å². The molecule has 0 saturated heterocycles. The van der Waals surface area contributed by atoms with Crippen molar-refractivity contribution >= 4 is 0 Å². The first-order chi connectivity index (χ1) is 7.27. The van der Waals surface area contributed by atoms with Gasteiger partial charge < -0.3 is 14.6 Å². The van der Waals surface area contributed by atoms with E-state index in [1.54, 1.807) is 7.11 Å². The van der Waals surface area contributed by atoms with Crippen LogP contribution in [0.25, 0.3) is 0 Å². The lowest BCUT2D eigenvalue weighted by Crippen LogP contribution is -2.18. The summed E-state index contributed by atoms with van der Waals surface area (Å²) in [6.07, 6.45) is 3.81. The molecule has 1 rings (SSSR count). The van der Waals surface area contributed by atoms with Crippen molar-refractivity contribution in [2.75, 3.05) is 20.3 Å². The van der Waals surface area contributed by atoms with Crippen LogP contribution < -0.4 is 5.32 Å². The molecule has 0 aliphatic heterocycles. The quantitative estimate of drug-likeness (QED) is 0.738. The van der Waals surface area contributed by atoms with Crippen molar-refractivity contribution in [3.8, 4) is 0 Å². The summed E-state index contributed by atoms with van der Waals surface area (Å²) in [5.41, 5.74) is 1.24. The number of hydrogen-bond donors (Lipinski definition) is 1. The van der Waals surface area contributed by atoms with Crippen LogP contribution in [0, 0.1) is 5.92 Å². The molecule has 15 heavy (non-hydrogen) atoms. The number of nitrogens with one attached hydrogen (secondary N) is 1. The van der Waals surface area contributed by atoms with E-state index in [9.17, 15) is 0 Å². The van der Waals surface area contributed by atoms with Gasteiger partial charge in [0.15, 0.2) is 0 Å². The van der Waals surface area contributed by atoms with Crippen molar-refractivity contribution in [1.29, 1.82) is 0 Å². The van der Waals surface area contributed by atoms with E-state index in [0.29, 0.717) is 5.92 Å². The van der Waals surface area contributed by atoms with Crippen LogP contribution >= 0.6 is 0 Å². The zero-order chi connectivity index (χ0) is 11.1. The van der Waals surface area contributed by atoms with E-state index in [4.69, 9.17) is 4.74 Å². The summed E-state index contributed by atoms with van der Waals surface area (Å²) < 4.78 is 7.31. The largest absolute Gasteiger partial charge is 0.384 e. The van der Waals surface area contributed by atoms with Gasteiger partial charge in [-0.25, -0.2) is 4.98 Å². The maximum absolute atomic E-state index is 5.12. The van der Waals surface area contributed by atoms with E-state index in [-0.39, 0.29) is 0 Å². The minimum Gasteiger partial charge on any atom is -0.384 e. The number of ether oxygens (including phenoxy) is 1. The molecular formula is C11H21N3O. The standard InChI is InChI=1S/C11H21N3O/c1-4-12-5-11-6-13-9-14(11)7-10(2)8-15-3/h6,9-10,12H,4-5,7-8H2,1-3H3. The summed E-state index contributed by atoms with van der Waals surface area (Å²) in [6.45, 7) is 7.91. The number of nitrogens with zero attached hydrogens (tertiary/aromatic N) is 2. The Kier molecular flexibility index (Phi) is 5.36. The molecule has 86 valence electrons. The van der Waals surface area contributed by atoms with Crippen LogP contribution in [0.2, 0.25) is 0 Å². The highest BCUT2D eigenvalue weighted by Crippen LogP contribution is 2.05. The average molecular weight is 211 g/mol. The minimum absolute atomic E-state index is 0.518. The predicted octanol–water partition coefficient (Wildman–Crippen LogP) is 1.28. The van der Waals surface area contributed by atoms with Crippen LogP contribution in [-0.4, -0.2) is 29.8 Å². The van der Waals surface area contributed by atoms with Crippen LogP contribution in [0.3, 0.4) is 0 Å². The number of imidazole rings is 1. The smallest absolute Gasteiger partial charge is 0.0948 e. The van der Waals surface area contributed by atoms with E-state index < -0.39 is 0 Å². The Morgan fingerprint density at radius 1 is 1.60 bits per heavy atom. The molecule has 1 unspecified atom stereocenters. The monoisotopic (exact) mass is 211 g/mol. The van der Waals surface area contributed by atoms with Crippen molar-refractivity contribution in [2.45, 2.75) is 26.9 Å². The van der Waals surface area contributed by atoms with Gasteiger partial charge in [-0.15, -0.1) is 0 Å². The summed E-state index contributed by atoms with van der Waals surface area (Å²) in [7, 11) is 1.74. The maximum atomic E-state index is 5.12. The molecule has 0 fully saturated rings. The highest BCUT2D eigenvalue weighted by atomic mass is 16.5. The third kappa shape index (κ3) is 4.01. The predicted molar refractivity (Wildman–Crippen MR) is 60.6 cm³/mol. The molecule has 0 aromatic carbocycles. The van der Waals surface area contributed by atoms with Crippen molar-refractivity contribution < 1.29 is 4.74 Å². The molecule has 4 nitrogen and oxygen atoms in total. The molecule has 0 radical (unpaired) electrons. The van der Waals surface area contributed by atoms with E-state index >= 15 is 0 Å². The fourth-order valence-electron chi connectivity index (χ4n) is 1.59. The molecule has 1 aromatic rings. The van der Waals surface area contributed by atoms with E-state index in [1.807, 2.05) is 12.5 Å². The molecule has 0 saturated carbocycles. The lowest BCUT2D eigenvalue weighted by molar-refractivity contribution is 0.151. The molecular weight excluding hydrogens is 190 g/mol. The van der Waals surface area contributed by atoms with Gasteiger partial charge >= 0.3 is 0 Å². The second-order valence-corrected chi connectivity index (χ2v) is 3.88. The second kappa shape index (κ2) is 6.58. The van der Waals surface area contributed by atoms with E-state index in [2.05, 4.69) is 28.7 Å². The molecule has 1 aromatic heterocycles. The van der Waals surface area contributed by atoms with Gasteiger partial charge in [-0.3, -0.25) is 0 Å². The van der Waals surface area contributed by atoms with Crippen LogP contribution in [0.4, 0.5) is 0 Å². The van der Waals surface area contributed by atoms with Crippen molar-refractivity contribution in [1.82, 2.24) is 14.9 Å². The molecule has 0 aliphatic rings. The first kappa shape index (κ1) is 12.2. The fourth-order valence-corrected chi connectivity index (χ4v) is 1.59.